The van der Waals surface area contributed by atoms with Crippen molar-refractivity contribution in [2.75, 3.05) is 20.1 Å². The van der Waals surface area contributed by atoms with Gasteiger partial charge in [-0.1, -0.05) is 30.3 Å². The maximum absolute atomic E-state index is 12.5. The van der Waals surface area contributed by atoms with E-state index in [4.69, 9.17) is 0 Å². The summed E-state index contributed by atoms with van der Waals surface area (Å²) in [6, 6.07) is 9.19. The Balaban J connectivity index is 1.48. The van der Waals surface area contributed by atoms with Crippen molar-refractivity contribution in [3.63, 3.8) is 0 Å². The summed E-state index contributed by atoms with van der Waals surface area (Å²) in [6.07, 6.45) is 1.73. The molecule has 0 saturated carbocycles. The van der Waals surface area contributed by atoms with Crippen LogP contribution in [0.1, 0.15) is 11.3 Å². The van der Waals surface area contributed by atoms with Crippen molar-refractivity contribution >= 4 is 17.8 Å². The minimum atomic E-state index is -0.439. The van der Waals surface area contributed by atoms with Crippen molar-refractivity contribution in [3.8, 4) is 11.4 Å². The second kappa shape index (κ2) is 6.21. The normalized spacial score (nSPS) is 16.4. The Kier molecular flexibility index (Phi) is 3.87. The fraction of sp³-hybridized carbons (Fsp3) is 0.278. The molecule has 0 aliphatic carbocycles. The van der Waals surface area contributed by atoms with Crippen LogP contribution in [0.4, 0.5) is 4.79 Å². The first-order chi connectivity index (χ1) is 12.5. The van der Waals surface area contributed by atoms with Crippen LogP contribution in [0.5, 0.6) is 0 Å². The molecular weight excluding hydrogens is 334 g/mol. The van der Waals surface area contributed by atoms with E-state index >= 15 is 0 Å². The van der Waals surface area contributed by atoms with Gasteiger partial charge in [-0.25, -0.2) is 14.8 Å². The average molecular weight is 351 g/mol. The van der Waals surface area contributed by atoms with Crippen molar-refractivity contribution in [1.29, 1.82) is 0 Å². The van der Waals surface area contributed by atoms with Crippen LogP contribution in [-0.2, 0) is 22.7 Å². The lowest BCUT2D eigenvalue weighted by molar-refractivity contribution is -0.137. The van der Waals surface area contributed by atoms with Gasteiger partial charge >= 0.3 is 6.03 Å². The summed E-state index contributed by atoms with van der Waals surface area (Å²) in [5.41, 5.74) is 2.59. The molecule has 1 fully saturated rings. The molecule has 26 heavy (non-hydrogen) atoms. The second-order valence-corrected chi connectivity index (χ2v) is 6.40. The molecule has 3 heterocycles. The van der Waals surface area contributed by atoms with Crippen LogP contribution in [0.2, 0.25) is 0 Å². The first kappa shape index (κ1) is 16.2. The number of amides is 4. The lowest BCUT2D eigenvalue weighted by Gasteiger charge is -2.19. The van der Waals surface area contributed by atoms with Gasteiger partial charge in [-0.2, -0.15) is 0 Å². The third-order valence-electron chi connectivity index (χ3n) is 4.57. The summed E-state index contributed by atoms with van der Waals surface area (Å²) in [7, 11) is 1.54. The Hall–Kier alpha value is -3.29. The molecule has 0 spiro atoms. The molecule has 0 atom stereocenters. The topological polar surface area (TPSA) is 86.7 Å². The fourth-order valence-corrected chi connectivity index (χ4v) is 3.12. The molecule has 1 aromatic heterocycles. The molecule has 0 N–H and O–H groups in total. The predicted molar refractivity (Wildman–Crippen MR) is 91.5 cm³/mol. The van der Waals surface area contributed by atoms with E-state index in [0.29, 0.717) is 18.9 Å². The lowest BCUT2D eigenvalue weighted by Crippen LogP contribution is -2.41. The quantitative estimate of drug-likeness (QED) is 0.766. The number of hydrogen-bond acceptors (Lipinski definition) is 5. The Morgan fingerprint density at radius 1 is 1.12 bits per heavy atom. The van der Waals surface area contributed by atoms with Gasteiger partial charge in [0.1, 0.15) is 13.1 Å². The molecule has 8 heteroatoms. The second-order valence-electron chi connectivity index (χ2n) is 6.40. The maximum atomic E-state index is 12.5. The van der Waals surface area contributed by atoms with Crippen molar-refractivity contribution in [2.24, 2.45) is 0 Å². The minimum absolute atomic E-state index is 0.0122. The zero-order valence-corrected chi connectivity index (χ0v) is 14.3. The Morgan fingerprint density at radius 2 is 1.88 bits per heavy atom. The number of carbonyl (C=O) groups is 3. The third kappa shape index (κ3) is 2.79. The van der Waals surface area contributed by atoms with Crippen LogP contribution in [-0.4, -0.2) is 62.7 Å². The number of hydrogen-bond donors (Lipinski definition) is 0. The highest BCUT2D eigenvalue weighted by Gasteiger charge is 2.36. The van der Waals surface area contributed by atoms with Crippen molar-refractivity contribution in [2.45, 2.75) is 13.1 Å². The van der Waals surface area contributed by atoms with E-state index in [1.807, 2.05) is 30.3 Å². The van der Waals surface area contributed by atoms with E-state index < -0.39 is 6.03 Å². The highest BCUT2D eigenvalue weighted by Crippen LogP contribution is 2.24. The zero-order valence-electron chi connectivity index (χ0n) is 14.3. The Bertz CT molecular complexity index is 899. The number of nitrogens with zero attached hydrogens (tertiary/aromatic N) is 5. The average Bonchev–Trinajstić information content (AvgIpc) is 3.18. The van der Waals surface area contributed by atoms with Crippen molar-refractivity contribution in [3.05, 3.63) is 47.8 Å². The number of carbonyl (C=O) groups excluding carboxylic acids is 3. The van der Waals surface area contributed by atoms with Crippen LogP contribution in [0.25, 0.3) is 11.4 Å². The smallest absolute Gasteiger partial charge is 0.327 e. The van der Waals surface area contributed by atoms with Gasteiger partial charge in [0.2, 0.25) is 5.91 Å². The Morgan fingerprint density at radius 3 is 2.58 bits per heavy atom. The van der Waals surface area contributed by atoms with Crippen LogP contribution >= 0.6 is 0 Å². The van der Waals surface area contributed by atoms with Gasteiger partial charge in [-0.3, -0.25) is 14.5 Å². The van der Waals surface area contributed by atoms with E-state index in [-0.39, 0.29) is 24.9 Å². The van der Waals surface area contributed by atoms with Gasteiger partial charge in [-0.15, -0.1) is 0 Å². The number of imide groups is 1. The van der Waals surface area contributed by atoms with Gasteiger partial charge in [0.05, 0.1) is 12.2 Å². The van der Waals surface area contributed by atoms with E-state index in [1.54, 1.807) is 11.1 Å². The van der Waals surface area contributed by atoms with Crippen molar-refractivity contribution in [1.82, 2.24) is 24.7 Å². The minimum Gasteiger partial charge on any atom is -0.331 e. The summed E-state index contributed by atoms with van der Waals surface area (Å²) in [4.78, 5) is 49.1. The van der Waals surface area contributed by atoms with Gasteiger partial charge in [0, 0.05) is 30.9 Å². The largest absolute Gasteiger partial charge is 0.331 e. The first-order valence-corrected chi connectivity index (χ1v) is 8.26. The molecular formula is C18H17N5O3. The molecule has 132 valence electrons. The summed E-state index contributed by atoms with van der Waals surface area (Å²) < 4.78 is 0. The molecule has 1 saturated heterocycles. The van der Waals surface area contributed by atoms with Crippen LogP contribution in [0.3, 0.4) is 0 Å². The SMILES string of the molecule is CN1CC(=O)N(CC(=O)N2Cc3cnc(-c4ccccc4)nc3C2)C1=O. The standard InChI is InChI=1S/C18H17N5O3/c1-21-10-16(25)23(18(21)26)11-15(24)22-8-13-7-19-17(20-14(13)9-22)12-5-3-2-4-6-12/h2-7H,8-11H2,1H3. The molecule has 2 aliphatic rings. The van der Waals surface area contributed by atoms with Crippen molar-refractivity contribution < 1.29 is 14.4 Å². The van der Waals surface area contributed by atoms with E-state index in [0.717, 1.165) is 21.7 Å². The van der Waals surface area contributed by atoms with Crippen LogP contribution in [0, 0.1) is 0 Å². The first-order valence-electron chi connectivity index (χ1n) is 8.26. The molecule has 0 unspecified atom stereocenters. The van der Waals surface area contributed by atoms with Crippen LogP contribution < -0.4 is 0 Å². The summed E-state index contributed by atoms with van der Waals surface area (Å²) in [5.74, 6) is -0.0138. The summed E-state index contributed by atoms with van der Waals surface area (Å²) in [5, 5.41) is 0. The van der Waals surface area contributed by atoms with Gasteiger partial charge in [0.25, 0.3) is 5.91 Å². The number of fused-ring (bicyclic) bond motifs is 1. The molecule has 0 bridgehead atoms. The predicted octanol–water partition coefficient (Wildman–Crippen LogP) is 0.880. The highest BCUT2D eigenvalue weighted by atomic mass is 16.2. The van der Waals surface area contributed by atoms with Gasteiger partial charge < -0.3 is 9.80 Å². The molecule has 0 radical (unpaired) electrons. The number of benzene rings is 1. The van der Waals surface area contributed by atoms with E-state index in [1.165, 1.54) is 11.9 Å². The molecule has 2 aliphatic heterocycles. The Labute approximate surface area is 150 Å². The molecule has 8 nitrogen and oxygen atoms in total. The number of rotatable bonds is 3. The molecule has 4 rings (SSSR count). The summed E-state index contributed by atoms with van der Waals surface area (Å²) in [6.45, 7) is 0.505. The molecule has 2 aromatic rings. The number of likely N-dealkylation sites (N-methyl/N-ethyl adjacent to an activating group) is 1. The molecule has 4 amide bonds. The van der Waals surface area contributed by atoms with Crippen LogP contribution in [0.15, 0.2) is 36.5 Å². The maximum Gasteiger partial charge on any atom is 0.327 e. The highest BCUT2D eigenvalue weighted by molar-refractivity contribution is 6.04. The fourth-order valence-electron chi connectivity index (χ4n) is 3.12. The van der Waals surface area contributed by atoms with Gasteiger partial charge in [0.15, 0.2) is 5.82 Å². The van der Waals surface area contributed by atoms with E-state index in [9.17, 15) is 14.4 Å². The third-order valence-corrected chi connectivity index (χ3v) is 4.57. The van der Waals surface area contributed by atoms with Gasteiger partial charge in [-0.05, 0) is 0 Å². The van der Waals surface area contributed by atoms with E-state index in [2.05, 4.69) is 9.97 Å². The molecule has 1 aromatic carbocycles. The lowest BCUT2D eigenvalue weighted by atomic mass is 10.2. The zero-order chi connectivity index (χ0) is 18.3. The number of aromatic nitrogens is 2. The monoisotopic (exact) mass is 351 g/mol. The number of urea groups is 1. The summed E-state index contributed by atoms with van der Waals surface area (Å²) >= 11 is 0.